The normalized spacial score (nSPS) is 26.7. The van der Waals surface area contributed by atoms with Crippen LogP contribution in [0.5, 0.6) is 0 Å². The van der Waals surface area contributed by atoms with Crippen molar-refractivity contribution in [1.29, 1.82) is 0 Å². The van der Waals surface area contributed by atoms with Crippen LogP contribution in [0.15, 0.2) is 82.8 Å². The summed E-state index contributed by atoms with van der Waals surface area (Å²) in [5.74, 6) is 3.17. The monoisotopic (exact) mass is 565 g/mol. The van der Waals surface area contributed by atoms with Gasteiger partial charge in [-0.2, -0.15) is 0 Å². The summed E-state index contributed by atoms with van der Waals surface area (Å²) in [6.45, 7) is 0. The van der Waals surface area contributed by atoms with Crippen molar-refractivity contribution in [3.8, 4) is 11.1 Å². The standard InChI is InChI=1S/C34H23N5S2/c1-3-17-13-19-7-9-21-22-10-8-20-14-18-4-2-6-24-29(18)34(36-16-41-24)31(20)26(22)27-25(21)30(19)33(28(17)23(5-1)40-15-35-33)38-12-11-37-39(34)32(27)38/h1-12,27,35-36H,13-16H2/q+2. The molecule has 1 aromatic heterocycles. The Hall–Kier alpha value is -3.49. The molecule has 2 N–H and O–H groups in total. The fourth-order valence-corrected chi connectivity index (χ4v) is 11.8. The predicted molar refractivity (Wildman–Crippen MR) is 156 cm³/mol. The first-order chi connectivity index (χ1) is 20.3. The maximum Gasteiger partial charge on any atom is 0.459 e. The molecule has 41 heavy (non-hydrogen) atoms. The minimum atomic E-state index is -0.523. The zero-order valence-electron chi connectivity index (χ0n) is 22.0. The molecule has 0 fully saturated rings. The predicted octanol–water partition coefficient (Wildman–Crippen LogP) is 4.06. The van der Waals surface area contributed by atoms with Crippen LogP contribution in [0.3, 0.4) is 0 Å². The number of rotatable bonds is 0. The van der Waals surface area contributed by atoms with Gasteiger partial charge in [0.05, 0.1) is 34.0 Å². The molecule has 3 unspecified atom stereocenters. The van der Waals surface area contributed by atoms with Gasteiger partial charge in [0.15, 0.2) is 12.1 Å². The van der Waals surface area contributed by atoms with Crippen LogP contribution in [0, 0.1) is 0 Å². The van der Waals surface area contributed by atoms with Crippen LogP contribution in [-0.2, 0) is 24.2 Å². The third-order valence-electron chi connectivity index (χ3n) is 10.9. The van der Waals surface area contributed by atoms with Crippen molar-refractivity contribution < 1.29 is 9.25 Å². The molecule has 3 aliphatic carbocycles. The van der Waals surface area contributed by atoms with E-state index in [-0.39, 0.29) is 5.92 Å². The van der Waals surface area contributed by atoms with Gasteiger partial charge in [0, 0.05) is 19.6 Å². The molecule has 2 spiro atoms. The molecular weight excluding hydrogens is 543 g/mol. The fraction of sp³-hybridized carbons (Fsp3) is 0.206. The number of nitrogens with zero attached hydrogens (tertiary/aromatic N) is 3. The number of benzene rings is 4. The summed E-state index contributed by atoms with van der Waals surface area (Å²) in [6, 6.07) is 23.5. The summed E-state index contributed by atoms with van der Waals surface area (Å²) in [5.41, 5.74) is 16.4. The molecule has 3 atom stereocenters. The van der Waals surface area contributed by atoms with Crippen LogP contribution < -0.4 is 19.9 Å². The summed E-state index contributed by atoms with van der Waals surface area (Å²) in [5, 5.41) is 13.5. The Morgan fingerprint density at radius 3 is 1.95 bits per heavy atom. The van der Waals surface area contributed by atoms with E-state index in [2.05, 4.69) is 86.7 Å². The van der Waals surface area contributed by atoms with Crippen molar-refractivity contribution in [2.45, 2.75) is 39.9 Å². The number of aromatic nitrogens is 3. The molecule has 0 radical (unpaired) electrons. The van der Waals surface area contributed by atoms with Gasteiger partial charge in [-0.3, -0.25) is 0 Å². The molecule has 0 amide bonds. The minimum Gasteiger partial charge on any atom is -0.238 e. The highest BCUT2D eigenvalue weighted by atomic mass is 32.2. The number of thioether (sulfide) groups is 2. The third-order valence-corrected chi connectivity index (χ3v) is 12.8. The number of fused-ring (bicyclic) bond motifs is 1. The van der Waals surface area contributed by atoms with Gasteiger partial charge in [0.25, 0.3) is 5.66 Å². The second kappa shape index (κ2) is 6.60. The van der Waals surface area contributed by atoms with Crippen LogP contribution in [0.2, 0.25) is 0 Å². The number of nitrogens with one attached hydrogen (secondary N) is 2. The van der Waals surface area contributed by atoms with Crippen molar-refractivity contribution in [3.63, 3.8) is 0 Å². The highest BCUT2D eigenvalue weighted by Gasteiger charge is 2.71. The highest BCUT2D eigenvalue weighted by Crippen LogP contribution is 2.62. The van der Waals surface area contributed by atoms with Gasteiger partial charge >= 0.3 is 11.5 Å². The van der Waals surface area contributed by atoms with Crippen LogP contribution in [0.1, 0.15) is 67.4 Å². The van der Waals surface area contributed by atoms with Gasteiger partial charge < -0.3 is 0 Å². The Bertz CT molecular complexity index is 2010. The van der Waals surface area contributed by atoms with E-state index in [1.807, 2.05) is 29.7 Å². The fourth-order valence-electron chi connectivity index (χ4n) is 9.73. The smallest absolute Gasteiger partial charge is 0.238 e. The lowest BCUT2D eigenvalue weighted by atomic mass is 9.67. The molecule has 7 aliphatic rings. The molecule has 0 saturated heterocycles. The van der Waals surface area contributed by atoms with E-state index >= 15 is 0 Å². The summed E-state index contributed by atoms with van der Waals surface area (Å²) in [7, 11) is 0. The molecule has 4 aliphatic heterocycles. The van der Waals surface area contributed by atoms with E-state index in [4.69, 9.17) is 5.10 Å². The molecule has 0 bridgehead atoms. The quantitative estimate of drug-likeness (QED) is 0.272. The second-order valence-corrected chi connectivity index (χ2v) is 14.3. The van der Waals surface area contributed by atoms with Gasteiger partial charge in [0.2, 0.25) is 6.20 Å². The second-order valence-electron chi connectivity index (χ2n) is 12.3. The lowest BCUT2D eigenvalue weighted by Crippen LogP contribution is -2.82. The van der Waals surface area contributed by atoms with Gasteiger partial charge in [0.1, 0.15) is 0 Å². The zero-order chi connectivity index (χ0) is 26.2. The largest absolute Gasteiger partial charge is 0.459 e. The molecule has 0 saturated carbocycles. The number of hydrogen-bond acceptors (Lipinski definition) is 5. The summed E-state index contributed by atoms with van der Waals surface area (Å²) in [6.07, 6.45) is 6.26. The van der Waals surface area contributed by atoms with E-state index in [1.54, 1.807) is 0 Å². The van der Waals surface area contributed by atoms with Gasteiger partial charge in [-0.15, -0.1) is 28.1 Å². The Labute approximate surface area is 245 Å². The first-order valence-corrected chi connectivity index (χ1v) is 16.4. The molecule has 12 rings (SSSR count). The first-order valence-electron chi connectivity index (χ1n) is 14.5. The highest BCUT2D eigenvalue weighted by molar-refractivity contribution is 7.99. The topological polar surface area (TPSA) is 44.7 Å². The molecule has 5 nitrogen and oxygen atoms in total. The molecule has 5 heterocycles. The van der Waals surface area contributed by atoms with E-state index in [9.17, 15) is 0 Å². The van der Waals surface area contributed by atoms with Crippen LogP contribution >= 0.6 is 23.5 Å². The van der Waals surface area contributed by atoms with E-state index < -0.39 is 11.3 Å². The first kappa shape index (κ1) is 21.2. The molecule has 194 valence electrons. The molecule has 5 aromatic rings. The Kier molecular flexibility index (Phi) is 3.42. The third kappa shape index (κ3) is 2.03. The van der Waals surface area contributed by atoms with Crippen LogP contribution in [0.4, 0.5) is 0 Å². The molecular formula is C34H23N5S2+2. The van der Waals surface area contributed by atoms with Crippen molar-refractivity contribution in [2.75, 3.05) is 11.8 Å². The molecule has 7 heteroatoms. The lowest BCUT2D eigenvalue weighted by Gasteiger charge is -2.46. The van der Waals surface area contributed by atoms with E-state index in [1.165, 1.54) is 82.4 Å². The lowest BCUT2D eigenvalue weighted by molar-refractivity contribution is -0.914. The average Bonchev–Trinajstić information content (AvgIpc) is 3.35. The zero-order valence-corrected chi connectivity index (χ0v) is 23.6. The summed E-state index contributed by atoms with van der Waals surface area (Å²) in [4.78, 5) is 2.78. The van der Waals surface area contributed by atoms with Gasteiger partial charge in [-0.05, 0) is 69.5 Å². The van der Waals surface area contributed by atoms with Gasteiger partial charge in [-0.1, -0.05) is 48.5 Å². The summed E-state index contributed by atoms with van der Waals surface area (Å²) < 4.78 is 5.01. The summed E-state index contributed by atoms with van der Waals surface area (Å²) >= 11 is 3.85. The SMILES string of the molecule is c1cc2c3c(c1)SCNC31c3c(ccc4c3C3c5c-4ccc4c5C5(NCSc6cccc(c65)C4)[n+]4ncc[n+]1c43)C2. The molecule has 4 aromatic carbocycles. The maximum absolute atomic E-state index is 5.31. The Balaban J connectivity index is 1.34. The van der Waals surface area contributed by atoms with Crippen molar-refractivity contribution >= 4 is 23.5 Å². The van der Waals surface area contributed by atoms with Gasteiger partial charge in [-0.25, -0.2) is 10.6 Å². The number of hydrogen-bond donors (Lipinski definition) is 2. The van der Waals surface area contributed by atoms with Crippen molar-refractivity contribution in [2.24, 2.45) is 0 Å². The van der Waals surface area contributed by atoms with Crippen molar-refractivity contribution in [1.82, 2.24) is 15.7 Å². The van der Waals surface area contributed by atoms with Crippen LogP contribution in [-0.4, -0.2) is 16.9 Å². The average molecular weight is 566 g/mol. The Morgan fingerprint density at radius 1 is 0.683 bits per heavy atom. The van der Waals surface area contributed by atoms with Crippen molar-refractivity contribution in [3.05, 3.63) is 135 Å². The Morgan fingerprint density at radius 2 is 1.27 bits per heavy atom. The van der Waals surface area contributed by atoms with E-state index in [0.29, 0.717) is 0 Å². The maximum atomic E-state index is 5.31. The van der Waals surface area contributed by atoms with E-state index in [0.717, 1.165) is 24.6 Å². The van der Waals surface area contributed by atoms with Crippen LogP contribution in [0.25, 0.3) is 11.1 Å². The minimum absolute atomic E-state index is 0.171.